The van der Waals surface area contributed by atoms with Crippen LogP contribution in [0.3, 0.4) is 0 Å². The zero-order chi connectivity index (χ0) is 19.9. The summed E-state index contributed by atoms with van der Waals surface area (Å²) in [7, 11) is 1.84. The number of hydrogen-bond acceptors (Lipinski definition) is 3. The number of carbonyl (C=O) groups excluding carboxylic acids is 1. The Morgan fingerprint density at radius 2 is 1.86 bits per heavy atom. The lowest BCUT2D eigenvalue weighted by molar-refractivity contribution is -0.139. The fourth-order valence-corrected chi connectivity index (χ4v) is 4.26. The van der Waals surface area contributed by atoms with Crippen molar-refractivity contribution in [3.63, 3.8) is 0 Å². The zero-order valence-electron chi connectivity index (χ0n) is 15.8. The van der Waals surface area contributed by atoms with Crippen LogP contribution in [-0.2, 0) is 11.3 Å². The Kier molecular flexibility index (Phi) is 4.99. The number of nitrogens with zero attached hydrogens (tertiary/aromatic N) is 3. The molecule has 1 unspecified atom stereocenters. The lowest BCUT2D eigenvalue weighted by Crippen LogP contribution is -2.47. The Bertz CT molecular complexity index is 856. The molecule has 152 valence electrons. The molecule has 0 spiro atoms. The zero-order valence-corrected chi connectivity index (χ0v) is 15.8. The molecule has 1 aromatic heterocycles. The number of fused-ring (bicyclic) bond motifs is 1. The third-order valence-corrected chi connectivity index (χ3v) is 5.73. The van der Waals surface area contributed by atoms with E-state index in [1.165, 1.54) is 10.8 Å². The van der Waals surface area contributed by atoms with Gasteiger partial charge in [-0.25, -0.2) is 0 Å². The monoisotopic (exact) mass is 395 g/mol. The number of halogens is 3. The number of hydrogen-bond donors (Lipinski definition) is 0. The van der Waals surface area contributed by atoms with E-state index in [1.54, 1.807) is 23.1 Å². The van der Waals surface area contributed by atoms with Crippen LogP contribution >= 0.6 is 0 Å². The molecular formula is C20H24F3N3O2. The minimum Gasteiger partial charge on any atom is -0.490 e. The highest BCUT2D eigenvalue weighted by molar-refractivity contribution is 5.86. The second-order valence-electron chi connectivity index (χ2n) is 7.67. The van der Waals surface area contributed by atoms with Crippen molar-refractivity contribution in [1.29, 1.82) is 0 Å². The van der Waals surface area contributed by atoms with Crippen LogP contribution in [-0.4, -0.2) is 65.3 Å². The van der Waals surface area contributed by atoms with Gasteiger partial charge in [-0.1, -0.05) is 6.07 Å². The van der Waals surface area contributed by atoms with Gasteiger partial charge < -0.3 is 14.2 Å². The maximum atomic E-state index is 12.8. The number of ether oxygens (including phenoxy) is 1. The third-order valence-electron chi connectivity index (χ3n) is 5.73. The summed E-state index contributed by atoms with van der Waals surface area (Å²) in [6.07, 6.45) is -0.341. The highest BCUT2D eigenvalue weighted by Crippen LogP contribution is 2.31. The van der Waals surface area contributed by atoms with Crippen molar-refractivity contribution in [3.8, 4) is 5.75 Å². The van der Waals surface area contributed by atoms with Crippen LogP contribution in [0.15, 0.2) is 30.5 Å². The number of alkyl halides is 3. The van der Waals surface area contributed by atoms with Gasteiger partial charge in [-0.05, 0) is 37.5 Å². The van der Waals surface area contributed by atoms with Crippen molar-refractivity contribution in [2.75, 3.05) is 26.7 Å². The minimum atomic E-state index is -4.26. The van der Waals surface area contributed by atoms with E-state index in [-0.39, 0.29) is 18.1 Å². The lowest BCUT2D eigenvalue weighted by atomic mass is 10.0. The molecule has 0 N–H and O–H groups in total. The summed E-state index contributed by atoms with van der Waals surface area (Å²) < 4.78 is 45.6. The molecule has 28 heavy (non-hydrogen) atoms. The van der Waals surface area contributed by atoms with E-state index in [0.29, 0.717) is 16.7 Å². The number of likely N-dealkylation sites (N-methyl/N-ethyl adjacent to an activating group) is 1. The van der Waals surface area contributed by atoms with Gasteiger partial charge in [-0.3, -0.25) is 9.69 Å². The van der Waals surface area contributed by atoms with Crippen molar-refractivity contribution >= 4 is 16.8 Å². The van der Waals surface area contributed by atoms with Crippen LogP contribution < -0.4 is 4.74 Å². The molecule has 0 bridgehead atoms. The summed E-state index contributed by atoms with van der Waals surface area (Å²) in [6, 6.07) is 6.87. The van der Waals surface area contributed by atoms with Crippen LogP contribution in [0.4, 0.5) is 13.2 Å². The summed E-state index contributed by atoms with van der Waals surface area (Å²) in [4.78, 5) is 16.2. The average molecular weight is 395 g/mol. The molecule has 2 aliphatic heterocycles. The van der Waals surface area contributed by atoms with Gasteiger partial charge in [0.15, 0.2) is 0 Å². The molecule has 0 aliphatic carbocycles. The first-order valence-electron chi connectivity index (χ1n) is 9.62. The van der Waals surface area contributed by atoms with Crippen LogP contribution in [0.5, 0.6) is 5.75 Å². The van der Waals surface area contributed by atoms with Gasteiger partial charge in [0.25, 0.3) is 0 Å². The Hall–Kier alpha value is -2.22. The fraction of sp³-hybridized carbons (Fsp3) is 0.550. The molecule has 4 rings (SSSR count). The van der Waals surface area contributed by atoms with Crippen LogP contribution in [0.25, 0.3) is 10.9 Å². The molecule has 5 nitrogen and oxygen atoms in total. The van der Waals surface area contributed by atoms with Crippen LogP contribution in [0.2, 0.25) is 0 Å². The Labute approximate surface area is 161 Å². The Morgan fingerprint density at radius 1 is 1.11 bits per heavy atom. The second-order valence-corrected chi connectivity index (χ2v) is 7.67. The summed E-state index contributed by atoms with van der Waals surface area (Å²) in [5.74, 6) is 0.809. The van der Waals surface area contributed by atoms with E-state index in [1.807, 2.05) is 13.1 Å². The number of carbonyl (C=O) groups is 1. The fourth-order valence-electron chi connectivity index (χ4n) is 4.26. The number of likely N-dealkylation sites (tertiary alicyclic amines) is 2. The first kappa shape index (κ1) is 19.1. The largest absolute Gasteiger partial charge is 0.490 e. The molecule has 8 heteroatoms. The molecule has 1 aromatic carbocycles. The number of aromatic nitrogens is 1. The van der Waals surface area contributed by atoms with Gasteiger partial charge in [-0.15, -0.1) is 0 Å². The molecule has 2 aromatic rings. The van der Waals surface area contributed by atoms with Gasteiger partial charge in [0, 0.05) is 38.3 Å². The number of amides is 1. The van der Waals surface area contributed by atoms with Crippen molar-refractivity contribution in [3.05, 3.63) is 30.5 Å². The maximum absolute atomic E-state index is 12.8. The van der Waals surface area contributed by atoms with E-state index >= 15 is 0 Å². The Morgan fingerprint density at radius 3 is 2.50 bits per heavy atom. The van der Waals surface area contributed by atoms with Gasteiger partial charge in [0.1, 0.15) is 18.4 Å². The first-order chi connectivity index (χ1) is 13.3. The second kappa shape index (κ2) is 7.31. The maximum Gasteiger partial charge on any atom is 0.406 e. The smallest absolute Gasteiger partial charge is 0.406 e. The molecule has 2 fully saturated rings. The van der Waals surface area contributed by atoms with Crippen LogP contribution in [0, 0.1) is 0 Å². The predicted molar refractivity (Wildman–Crippen MR) is 99.3 cm³/mol. The quantitative estimate of drug-likeness (QED) is 0.798. The van der Waals surface area contributed by atoms with E-state index in [2.05, 4.69) is 4.90 Å². The standard InChI is InChI=1S/C20H24F3N3O2/c1-24-9-8-17(19(24)27)25-10-5-14(6-11-25)28-18-4-2-3-16-15(18)7-12-26(16)13-20(21,22)23/h2-4,7,12,14,17H,5-6,8-11,13H2,1H3. The summed E-state index contributed by atoms with van der Waals surface area (Å²) in [5, 5.41) is 0.696. The van der Waals surface area contributed by atoms with E-state index in [9.17, 15) is 18.0 Å². The highest BCUT2D eigenvalue weighted by atomic mass is 19.4. The summed E-state index contributed by atoms with van der Waals surface area (Å²) in [5.41, 5.74) is 0.520. The first-order valence-corrected chi connectivity index (χ1v) is 9.62. The summed E-state index contributed by atoms with van der Waals surface area (Å²) >= 11 is 0. The number of benzene rings is 1. The van der Waals surface area contributed by atoms with Crippen molar-refractivity contribution in [2.45, 2.75) is 44.1 Å². The van der Waals surface area contributed by atoms with Gasteiger partial charge in [0.2, 0.25) is 5.91 Å². The topological polar surface area (TPSA) is 37.7 Å². The molecule has 2 saturated heterocycles. The number of piperidine rings is 1. The van der Waals surface area contributed by atoms with E-state index < -0.39 is 12.7 Å². The lowest BCUT2D eigenvalue weighted by Gasteiger charge is -2.35. The molecule has 1 amide bonds. The average Bonchev–Trinajstić information content (AvgIpc) is 3.19. The molecule has 3 heterocycles. The highest BCUT2D eigenvalue weighted by Gasteiger charge is 2.36. The van der Waals surface area contributed by atoms with E-state index in [0.717, 1.165) is 38.9 Å². The van der Waals surface area contributed by atoms with E-state index in [4.69, 9.17) is 4.74 Å². The third kappa shape index (κ3) is 3.83. The van der Waals surface area contributed by atoms with Crippen molar-refractivity contribution < 1.29 is 22.7 Å². The molecule has 0 radical (unpaired) electrons. The summed E-state index contributed by atoms with van der Waals surface area (Å²) in [6.45, 7) is 1.37. The van der Waals surface area contributed by atoms with Crippen molar-refractivity contribution in [2.24, 2.45) is 0 Å². The van der Waals surface area contributed by atoms with Crippen molar-refractivity contribution in [1.82, 2.24) is 14.4 Å². The molecule has 0 saturated carbocycles. The molecule has 1 atom stereocenters. The van der Waals surface area contributed by atoms with Gasteiger partial charge >= 0.3 is 6.18 Å². The van der Waals surface area contributed by atoms with Gasteiger partial charge in [-0.2, -0.15) is 13.2 Å². The SMILES string of the molecule is CN1CCC(N2CCC(Oc3cccc4c3ccn4CC(F)(F)F)CC2)C1=O. The number of rotatable bonds is 4. The molecule has 2 aliphatic rings. The Balaban J connectivity index is 1.42. The van der Waals surface area contributed by atoms with Crippen LogP contribution in [0.1, 0.15) is 19.3 Å². The molecular weight excluding hydrogens is 371 g/mol. The normalized spacial score (nSPS) is 22.4. The predicted octanol–water partition coefficient (Wildman–Crippen LogP) is 3.28. The van der Waals surface area contributed by atoms with Gasteiger partial charge in [0.05, 0.1) is 11.6 Å². The minimum absolute atomic E-state index is 0.00190.